The highest BCUT2D eigenvalue weighted by atomic mass is 32.1. The van der Waals surface area contributed by atoms with Crippen molar-refractivity contribution in [3.8, 4) is 33.1 Å². The van der Waals surface area contributed by atoms with E-state index in [0.717, 1.165) is 62.9 Å². The average molecular weight is 494 g/mol. The third-order valence-electron chi connectivity index (χ3n) is 6.11. The molecule has 0 aromatic carbocycles. The van der Waals surface area contributed by atoms with Crippen LogP contribution in [-0.2, 0) is 4.79 Å². The lowest BCUT2D eigenvalue weighted by Crippen LogP contribution is -2.11. The van der Waals surface area contributed by atoms with E-state index in [9.17, 15) is 4.79 Å². The number of amides is 1. The Morgan fingerprint density at radius 3 is 2.81 bits per heavy atom. The molecule has 6 heterocycles. The fourth-order valence-electron chi connectivity index (χ4n) is 4.30. The number of aromatic nitrogens is 6. The Balaban J connectivity index is 1.37. The Labute approximate surface area is 210 Å². The molecule has 8 nitrogen and oxygen atoms in total. The number of hydrogen-bond acceptors (Lipinski definition) is 6. The molecule has 0 saturated heterocycles. The van der Waals surface area contributed by atoms with Crippen molar-refractivity contribution in [2.24, 2.45) is 0 Å². The molecule has 1 amide bonds. The summed E-state index contributed by atoms with van der Waals surface area (Å²) < 4.78 is 0. The first-order chi connectivity index (χ1) is 17.7. The number of carbonyl (C=O) groups is 1. The maximum absolute atomic E-state index is 12.2. The second-order valence-electron chi connectivity index (χ2n) is 8.61. The molecule has 0 fully saturated rings. The summed E-state index contributed by atoms with van der Waals surface area (Å²) in [6.07, 6.45) is 11.2. The highest BCUT2D eigenvalue weighted by Crippen LogP contribution is 2.35. The van der Waals surface area contributed by atoms with Crippen LogP contribution < -0.4 is 5.32 Å². The molecule has 6 aromatic rings. The average Bonchev–Trinajstić information content (AvgIpc) is 3.66. The summed E-state index contributed by atoms with van der Waals surface area (Å²) in [5.41, 5.74) is 6.81. The molecule has 3 N–H and O–H groups in total. The number of aromatic amines is 2. The molecule has 0 radical (unpaired) electrons. The second kappa shape index (κ2) is 9.35. The molecular weight excluding hydrogens is 470 g/mol. The molecule has 0 bridgehead atoms. The largest absolute Gasteiger partial charge is 0.352 e. The number of nitrogens with zero attached hydrogens (tertiary/aromatic N) is 4. The fourth-order valence-corrected chi connectivity index (χ4v) is 5.05. The zero-order valence-electron chi connectivity index (χ0n) is 19.6. The molecule has 0 aliphatic rings. The summed E-state index contributed by atoms with van der Waals surface area (Å²) in [6.45, 7) is 2.07. The van der Waals surface area contributed by atoms with Crippen molar-refractivity contribution in [2.45, 2.75) is 26.2 Å². The van der Waals surface area contributed by atoms with Gasteiger partial charge in [-0.15, -0.1) is 11.3 Å². The van der Waals surface area contributed by atoms with Crippen molar-refractivity contribution in [1.82, 2.24) is 30.1 Å². The fraction of sp³-hybridized carbons (Fsp3) is 0.148. The Morgan fingerprint density at radius 2 is 1.94 bits per heavy atom. The van der Waals surface area contributed by atoms with Crippen LogP contribution in [-0.4, -0.2) is 36.0 Å². The van der Waals surface area contributed by atoms with E-state index >= 15 is 0 Å². The van der Waals surface area contributed by atoms with Gasteiger partial charge in [-0.25, -0.2) is 0 Å². The summed E-state index contributed by atoms with van der Waals surface area (Å²) >= 11 is 1.69. The topological polar surface area (TPSA) is 112 Å². The predicted molar refractivity (Wildman–Crippen MR) is 144 cm³/mol. The van der Waals surface area contributed by atoms with E-state index in [-0.39, 0.29) is 5.91 Å². The first-order valence-electron chi connectivity index (χ1n) is 11.8. The number of carbonyl (C=O) groups excluding carboxylic acids is 1. The van der Waals surface area contributed by atoms with Gasteiger partial charge in [0.25, 0.3) is 0 Å². The molecule has 0 aliphatic heterocycles. The van der Waals surface area contributed by atoms with Gasteiger partial charge in [0, 0.05) is 45.6 Å². The van der Waals surface area contributed by atoms with Gasteiger partial charge in [-0.05, 0) is 36.1 Å². The van der Waals surface area contributed by atoms with Crippen molar-refractivity contribution in [2.75, 3.05) is 5.32 Å². The molecule has 0 saturated carbocycles. The third kappa shape index (κ3) is 4.14. The minimum Gasteiger partial charge on any atom is -0.352 e. The molecule has 0 unspecified atom stereocenters. The van der Waals surface area contributed by atoms with Gasteiger partial charge in [0.15, 0.2) is 0 Å². The van der Waals surface area contributed by atoms with Gasteiger partial charge in [0.05, 0.1) is 46.7 Å². The quantitative estimate of drug-likeness (QED) is 0.237. The van der Waals surface area contributed by atoms with E-state index in [2.05, 4.69) is 59.9 Å². The summed E-state index contributed by atoms with van der Waals surface area (Å²) in [6, 6.07) is 10.2. The Morgan fingerprint density at radius 1 is 1.03 bits per heavy atom. The van der Waals surface area contributed by atoms with Crippen LogP contribution in [0.5, 0.6) is 0 Å². The summed E-state index contributed by atoms with van der Waals surface area (Å²) in [5.74, 6) is -0.00782. The Bertz CT molecular complexity index is 1680. The highest BCUT2D eigenvalue weighted by molar-refractivity contribution is 7.13. The van der Waals surface area contributed by atoms with E-state index < -0.39 is 0 Å². The normalized spacial score (nSPS) is 11.4. The van der Waals surface area contributed by atoms with Crippen LogP contribution in [0.3, 0.4) is 0 Å². The molecule has 178 valence electrons. The molecule has 9 heteroatoms. The van der Waals surface area contributed by atoms with Crippen LogP contribution in [0.15, 0.2) is 66.7 Å². The lowest BCUT2D eigenvalue weighted by molar-refractivity contribution is -0.116. The van der Waals surface area contributed by atoms with Gasteiger partial charge >= 0.3 is 0 Å². The molecule has 6 rings (SSSR count). The van der Waals surface area contributed by atoms with E-state index in [4.69, 9.17) is 0 Å². The van der Waals surface area contributed by atoms with Crippen LogP contribution in [0.4, 0.5) is 5.69 Å². The predicted octanol–water partition coefficient (Wildman–Crippen LogP) is 6.42. The number of anilines is 1. The van der Waals surface area contributed by atoms with Crippen molar-refractivity contribution >= 4 is 44.7 Å². The number of hydrogen-bond donors (Lipinski definition) is 3. The number of pyridine rings is 3. The van der Waals surface area contributed by atoms with Crippen LogP contribution >= 0.6 is 11.3 Å². The van der Waals surface area contributed by atoms with Gasteiger partial charge in [-0.1, -0.05) is 19.4 Å². The number of H-pyrrole nitrogens is 2. The first-order valence-corrected chi connectivity index (χ1v) is 12.7. The van der Waals surface area contributed by atoms with Crippen molar-refractivity contribution < 1.29 is 4.79 Å². The minimum atomic E-state index is -0.00782. The second-order valence-corrected chi connectivity index (χ2v) is 9.56. The number of rotatable bonds is 7. The SMILES string of the molecule is CCCCC(=O)Nc1cncc(-c2cc3c(-c4cc5c(-c6cccs6)cncc5[nH]4)n[nH]c3cn2)c1. The molecular formula is C27H23N7OS. The molecule has 0 aliphatic carbocycles. The van der Waals surface area contributed by atoms with Crippen LogP contribution in [0.1, 0.15) is 26.2 Å². The van der Waals surface area contributed by atoms with E-state index in [1.165, 1.54) is 4.88 Å². The van der Waals surface area contributed by atoms with Gasteiger partial charge in [-0.2, -0.15) is 5.10 Å². The summed E-state index contributed by atoms with van der Waals surface area (Å²) in [7, 11) is 0. The van der Waals surface area contributed by atoms with Crippen molar-refractivity contribution in [3.63, 3.8) is 0 Å². The number of nitrogens with one attached hydrogen (secondary N) is 3. The number of unbranched alkanes of at least 4 members (excludes halogenated alkanes) is 1. The highest BCUT2D eigenvalue weighted by Gasteiger charge is 2.16. The monoisotopic (exact) mass is 493 g/mol. The molecule has 0 spiro atoms. The van der Waals surface area contributed by atoms with Crippen molar-refractivity contribution in [1.29, 1.82) is 0 Å². The zero-order chi connectivity index (χ0) is 24.5. The maximum Gasteiger partial charge on any atom is 0.224 e. The Kier molecular flexibility index (Phi) is 5.74. The van der Waals surface area contributed by atoms with E-state index in [0.29, 0.717) is 12.1 Å². The first kappa shape index (κ1) is 22.1. The van der Waals surface area contributed by atoms with Gasteiger partial charge in [0.1, 0.15) is 5.69 Å². The van der Waals surface area contributed by atoms with Gasteiger partial charge < -0.3 is 10.3 Å². The minimum absolute atomic E-state index is 0.00782. The lowest BCUT2D eigenvalue weighted by atomic mass is 10.1. The van der Waals surface area contributed by atoms with Gasteiger partial charge in [-0.3, -0.25) is 24.8 Å². The number of fused-ring (bicyclic) bond motifs is 2. The standard InChI is InChI=1S/C27H23N7OS/c1-2-3-6-26(35)31-17-8-16(11-28-12-17)21-10-19-24(15-30-21)33-34-27(19)22-9-18-20(25-5-4-7-36-25)13-29-14-23(18)32-22/h4-5,7-15,32H,2-3,6H2,1H3,(H,31,35)(H,33,34). The van der Waals surface area contributed by atoms with Crippen LogP contribution in [0.25, 0.3) is 54.9 Å². The maximum atomic E-state index is 12.2. The molecule has 0 atom stereocenters. The van der Waals surface area contributed by atoms with Crippen molar-refractivity contribution in [3.05, 3.63) is 66.7 Å². The Hall–Kier alpha value is -4.37. The van der Waals surface area contributed by atoms with E-state index in [1.54, 1.807) is 29.9 Å². The third-order valence-corrected chi connectivity index (χ3v) is 7.01. The summed E-state index contributed by atoms with van der Waals surface area (Å²) in [4.78, 5) is 30.2. The molecule has 36 heavy (non-hydrogen) atoms. The smallest absolute Gasteiger partial charge is 0.224 e. The summed E-state index contributed by atoms with van der Waals surface area (Å²) in [5, 5.41) is 14.7. The number of thiophene rings is 1. The zero-order valence-corrected chi connectivity index (χ0v) is 20.4. The molecule has 6 aromatic heterocycles. The van der Waals surface area contributed by atoms with Gasteiger partial charge in [0.2, 0.25) is 5.91 Å². The van der Waals surface area contributed by atoms with Crippen LogP contribution in [0.2, 0.25) is 0 Å². The lowest BCUT2D eigenvalue weighted by Gasteiger charge is -2.07. The van der Waals surface area contributed by atoms with E-state index in [1.807, 2.05) is 30.6 Å². The van der Waals surface area contributed by atoms with Crippen LogP contribution in [0, 0.1) is 0 Å².